The molecule has 1 aliphatic carbocycles. The van der Waals surface area contributed by atoms with Crippen LogP contribution in [0, 0.1) is 11.8 Å². The quantitative estimate of drug-likeness (QED) is 0.522. The third-order valence-corrected chi connectivity index (χ3v) is 7.55. The van der Waals surface area contributed by atoms with Gasteiger partial charge in [-0.3, -0.25) is 0 Å². The van der Waals surface area contributed by atoms with E-state index in [1.165, 1.54) is 6.42 Å². The molecule has 2 aromatic rings. The van der Waals surface area contributed by atoms with Crippen LogP contribution in [0.3, 0.4) is 0 Å². The van der Waals surface area contributed by atoms with Crippen LogP contribution < -0.4 is 17.0 Å². The molecule has 3 fully saturated rings. The molecule has 4 atom stereocenters. The lowest BCUT2D eigenvalue weighted by atomic mass is 9.86. The highest BCUT2D eigenvalue weighted by Crippen LogP contribution is 2.61. The van der Waals surface area contributed by atoms with Crippen molar-refractivity contribution in [2.45, 2.75) is 43.1 Å². The number of hydrogen-bond acceptors (Lipinski definition) is 3. The average molecular weight is 458 g/mol. The van der Waals surface area contributed by atoms with Gasteiger partial charge in [0.2, 0.25) is 5.60 Å². The van der Waals surface area contributed by atoms with Gasteiger partial charge in [0.15, 0.2) is 0 Å². The SMILES string of the molecule is C[N+]1(C)C2CC(OC(=O)C(O)(c3ccccc3)c3ccccc3)CC1C1CC12.[Br-]. The van der Waals surface area contributed by atoms with Crippen LogP contribution in [0.4, 0.5) is 0 Å². The lowest BCUT2D eigenvalue weighted by Gasteiger charge is -2.46. The van der Waals surface area contributed by atoms with Crippen molar-refractivity contribution < 1.29 is 36.1 Å². The number of quaternary nitrogens is 1. The van der Waals surface area contributed by atoms with Gasteiger partial charge in [-0.05, 0) is 17.5 Å². The van der Waals surface area contributed by atoms with Crippen molar-refractivity contribution >= 4 is 5.97 Å². The van der Waals surface area contributed by atoms with E-state index in [0.29, 0.717) is 23.2 Å². The Morgan fingerprint density at radius 1 is 0.897 bits per heavy atom. The molecule has 0 amide bonds. The summed E-state index contributed by atoms with van der Waals surface area (Å²) in [6.45, 7) is 0. The molecule has 0 spiro atoms. The molecule has 2 saturated heterocycles. The van der Waals surface area contributed by atoms with Gasteiger partial charge in [0.05, 0.1) is 26.2 Å². The monoisotopic (exact) mass is 457 g/mol. The maximum absolute atomic E-state index is 13.3. The minimum atomic E-state index is -1.79. The molecule has 5 rings (SSSR count). The van der Waals surface area contributed by atoms with Gasteiger partial charge < -0.3 is 31.3 Å². The third-order valence-electron chi connectivity index (χ3n) is 7.55. The van der Waals surface area contributed by atoms with Crippen LogP contribution in [0.15, 0.2) is 60.7 Å². The molecular weight excluding hydrogens is 430 g/mol. The number of halogens is 1. The number of piperidine rings is 2. The van der Waals surface area contributed by atoms with Gasteiger partial charge in [0, 0.05) is 24.7 Å². The minimum Gasteiger partial charge on any atom is -1.00 e. The van der Waals surface area contributed by atoms with Crippen molar-refractivity contribution in [2.24, 2.45) is 11.8 Å². The molecule has 2 aliphatic heterocycles. The van der Waals surface area contributed by atoms with Gasteiger partial charge in [0.1, 0.15) is 6.10 Å². The molecule has 2 bridgehead atoms. The van der Waals surface area contributed by atoms with Crippen LogP contribution >= 0.6 is 0 Å². The maximum atomic E-state index is 13.3. The number of carbonyl (C=O) groups is 1. The largest absolute Gasteiger partial charge is 1.00 e. The van der Waals surface area contributed by atoms with Gasteiger partial charge in [-0.1, -0.05) is 60.7 Å². The van der Waals surface area contributed by atoms with Crippen LogP contribution in [0.1, 0.15) is 30.4 Å². The predicted molar refractivity (Wildman–Crippen MR) is 106 cm³/mol. The first-order valence-electron chi connectivity index (χ1n) is 10.3. The van der Waals surface area contributed by atoms with E-state index in [-0.39, 0.29) is 23.1 Å². The fourth-order valence-electron chi connectivity index (χ4n) is 5.98. The Hall–Kier alpha value is -1.69. The van der Waals surface area contributed by atoms with Crippen LogP contribution in [0.25, 0.3) is 0 Å². The predicted octanol–water partition coefficient (Wildman–Crippen LogP) is 0.0954. The Balaban J connectivity index is 0.00000205. The summed E-state index contributed by atoms with van der Waals surface area (Å²) < 4.78 is 7.07. The van der Waals surface area contributed by atoms with Crippen molar-refractivity contribution in [3.05, 3.63) is 71.8 Å². The van der Waals surface area contributed by atoms with E-state index in [4.69, 9.17) is 4.74 Å². The molecule has 4 unspecified atom stereocenters. The Morgan fingerprint density at radius 3 is 1.79 bits per heavy atom. The minimum absolute atomic E-state index is 0. The van der Waals surface area contributed by atoms with Gasteiger partial charge >= 0.3 is 5.97 Å². The fraction of sp³-hybridized carbons (Fsp3) is 0.458. The number of carbonyl (C=O) groups excluding carboxylic acids is 1. The summed E-state index contributed by atoms with van der Waals surface area (Å²) in [7, 11) is 4.65. The van der Waals surface area contributed by atoms with Crippen molar-refractivity contribution in [1.29, 1.82) is 0 Å². The first-order chi connectivity index (χ1) is 13.4. The second-order valence-corrected chi connectivity index (χ2v) is 9.27. The number of nitrogens with zero attached hydrogens (tertiary/aromatic N) is 1. The average Bonchev–Trinajstić information content (AvgIpc) is 3.47. The number of aliphatic hydroxyl groups is 1. The summed E-state index contributed by atoms with van der Waals surface area (Å²) in [5, 5.41) is 11.6. The van der Waals surface area contributed by atoms with Crippen LogP contribution in [0.2, 0.25) is 0 Å². The maximum Gasteiger partial charge on any atom is 0.347 e. The number of hydrogen-bond donors (Lipinski definition) is 1. The second-order valence-electron chi connectivity index (χ2n) is 9.27. The van der Waals surface area contributed by atoms with Crippen molar-refractivity contribution in [3.63, 3.8) is 0 Å². The second kappa shape index (κ2) is 7.22. The summed E-state index contributed by atoms with van der Waals surface area (Å²) in [5.74, 6) is 1.03. The summed E-state index contributed by atoms with van der Waals surface area (Å²) >= 11 is 0. The zero-order valence-electron chi connectivity index (χ0n) is 16.9. The van der Waals surface area contributed by atoms with E-state index in [1.807, 2.05) is 36.4 Å². The van der Waals surface area contributed by atoms with Gasteiger partial charge in [0.25, 0.3) is 0 Å². The molecular formula is C24H28BrNO3. The van der Waals surface area contributed by atoms with Crippen molar-refractivity contribution in [2.75, 3.05) is 14.1 Å². The number of fused-ring (bicyclic) bond motifs is 5. The van der Waals surface area contributed by atoms with Gasteiger partial charge in [-0.15, -0.1) is 0 Å². The fourth-order valence-corrected chi connectivity index (χ4v) is 5.98. The van der Waals surface area contributed by atoms with E-state index in [0.717, 1.165) is 29.2 Å². The molecule has 4 nitrogen and oxygen atoms in total. The highest BCUT2D eigenvalue weighted by molar-refractivity contribution is 5.85. The Labute approximate surface area is 182 Å². The molecule has 2 heterocycles. The normalized spacial score (nSPS) is 31.3. The van der Waals surface area contributed by atoms with Crippen LogP contribution in [-0.2, 0) is 15.1 Å². The van der Waals surface area contributed by atoms with E-state index in [2.05, 4.69) is 14.1 Å². The number of rotatable bonds is 4. The molecule has 0 radical (unpaired) electrons. The topological polar surface area (TPSA) is 46.5 Å². The van der Waals surface area contributed by atoms with E-state index in [9.17, 15) is 9.90 Å². The first kappa shape index (κ1) is 20.6. The summed E-state index contributed by atoms with van der Waals surface area (Å²) in [4.78, 5) is 13.3. The molecule has 1 saturated carbocycles. The smallest absolute Gasteiger partial charge is 0.347 e. The third kappa shape index (κ3) is 3.15. The lowest BCUT2D eigenvalue weighted by Crippen LogP contribution is -3.00. The molecule has 3 aliphatic rings. The zero-order valence-corrected chi connectivity index (χ0v) is 18.5. The Kier molecular flexibility index (Phi) is 5.12. The zero-order chi connectivity index (χ0) is 19.5. The van der Waals surface area contributed by atoms with Crippen molar-refractivity contribution in [3.8, 4) is 0 Å². The van der Waals surface area contributed by atoms with Crippen LogP contribution in [0.5, 0.6) is 0 Å². The summed E-state index contributed by atoms with van der Waals surface area (Å²) in [6, 6.07) is 19.4. The highest BCUT2D eigenvalue weighted by Gasteiger charge is 2.68. The molecule has 2 aromatic carbocycles. The number of benzene rings is 2. The highest BCUT2D eigenvalue weighted by atomic mass is 79.9. The van der Waals surface area contributed by atoms with E-state index in [1.54, 1.807) is 24.3 Å². The molecule has 5 heteroatoms. The molecule has 0 aromatic heterocycles. The van der Waals surface area contributed by atoms with Gasteiger partial charge in [-0.2, -0.15) is 0 Å². The standard InChI is InChI=1S/C24H28NO3.BrH/c1-25(2)21-13-18(14-22(25)20-15-19(20)21)28-23(26)24(27,16-9-5-3-6-10-16)17-11-7-4-8-12-17;/h3-12,18-22,27H,13-15H2,1-2H3;1H/q+1;/p-1. The Morgan fingerprint density at radius 2 is 1.34 bits per heavy atom. The van der Waals surface area contributed by atoms with Gasteiger partial charge in [-0.25, -0.2) is 4.79 Å². The number of esters is 1. The summed E-state index contributed by atoms with van der Waals surface area (Å²) in [5.41, 5.74) is -0.695. The molecule has 1 N–H and O–H groups in total. The van der Waals surface area contributed by atoms with E-state index >= 15 is 0 Å². The molecule has 154 valence electrons. The first-order valence-corrected chi connectivity index (χ1v) is 10.3. The lowest BCUT2D eigenvalue weighted by molar-refractivity contribution is -0.937. The Bertz CT molecular complexity index is 826. The molecule has 29 heavy (non-hydrogen) atoms. The van der Waals surface area contributed by atoms with Crippen molar-refractivity contribution in [1.82, 2.24) is 0 Å². The number of ether oxygens (including phenoxy) is 1. The van der Waals surface area contributed by atoms with Crippen LogP contribution in [-0.4, -0.2) is 47.8 Å². The summed E-state index contributed by atoms with van der Waals surface area (Å²) in [6.07, 6.45) is 3.03. The van der Waals surface area contributed by atoms with E-state index < -0.39 is 11.6 Å².